The first kappa shape index (κ1) is 13.4. The molecule has 100 valence electrons. The highest BCUT2D eigenvalue weighted by Crippen LogP contribution is 2.19. The highest BCUT2D eigenvalue weighted by molar-refractivity contribution is 7.89. The number of hydrogen-bond donors (Lipinski definition) is 2. The number of nitrogens with one attached hydrogen (secondary N) is 1. The van der Waals surface area contributed by atoms with E-state index in [0.717, 1.165) is 12.1 Å². The molecule has 0 saturated heterocycles. The number of nitrogen functional groups attached to an aromatic ring is 1. The van der Waals surface area contributed by atoms with Crippen LogP contribution >= 0.6 is 0 Å². The van der Waals surface area contributed by atoms with Crippen molar-refractivity contribution in [1.82, 2.24) is 14.7 Å². The van der Waals surface area contributed by atoms with Crippen molar-refractivity contribution in [2.24, 2.45) is 0 Å². The molecule has 3 N–H and O–H groups in total. The standard InChI is InChI=1S/C11H11FN4O2S/c12-8-1-2-10(13)11(5-8)19(17,18)16-6-9-3-4-14-7-15-9/h1-5,7,16H,6,13H2. The summed E-state index contributed by atoms with van der Waals surface area (Å²) in [6, 6.07) is 4.74. The Balaban J connectivity index is 2.21. The number of nitrogens with zero attached hydrogens (tertiary/aromatic N) is 2. The second-order valence-electron chi connectivity index (χ2n) is 3.71. The van der Waals surface area contributed by atoms with Gasteiger partial charge in [-0.15, -0.1) is 0 Å². The second-order valence-corrected chi connectivity index (χ2v) is 5.44. The molecule has 0 aliphatic rings. The third-order valence-corrected chi connectivity index (χ3v) is 3.81. The van der Waals surface area contributed by atoms with Gasteiger partial charge in [0.05, 0.1) is 17.9 Å². The van der Waals surface area contributed by atoms with E-state index < -0.39 is 15.8 Å². The third kappa shape index (κ3) is 3.24. The molecule has 2 aromatic rings. The minimum Gasteiger partial charge on any atom is -0.398 e. The Morgan fingerprint density at radius 1 is 1.32 bits per heavy atom. The molecule has 0 atom stereocenters. The number of sulfonamides is 1. The smallest absolute Gasteiger partial charge is 0.243 e. The summed E-state index contributed by atoms with van der Waals surface area (Å²) in [5.74, 6) is -0.670. The van der Waals surface area contributed by atoms with Gasteiger partial charge in [0.1, 0.15) is 17.0 Å². The lowest BCUT2D eigenvalue weighted by Gasteiger charge is -2.08. The summed E-state index contributed by atoms with van der Waals surface area (Å²) in [7, 11) is -3.89. The van der Waals surface area contributed by atoms with Crippen LogP contribution in [-0.4, -0.2) is 18.4 Å². The molecule has 19 heavy (non-hydrogen) atoms. The van der Waals surface area contributed by atoms with E-state index in [9.17, 15) is 12.8 Å². The Hall–Kier alpha value is -2.06. The van der Waals surface area contributed by atoms with E-state index in [4.69, 9.17) is 5.73 Å². The summed E-state index contributed by atoms with van der Waals surface area (Å²) in [6.45, 7) is -0.0270. The molecule has 0 fully saturated rings. The first-order valence-electron chi connectivity index (χ1n) is 5.28. The van der Waals surface area contributed by atoms with Crippen LogP contribution in [0.15, 0.2) is 41.7 Å². The molecular formula is C11H11FN4O2S. The number of aromatic nitrogens is 2. The SMILES string of the molecule is Nc1ccc(F)cc1S(=O)(=O)NCc1ccncn1. The van der Waals surface area contributed by atoms with E-state index >= 15 is 0 Å². The number of rotatable bonds is 4. The van der Waals surface area contributed by atoms with E-state index in [1.54, 1.807) is 6.07 Å². The number of halogens is 1. The molecule has 2 rings (SSSR count). The van der Waals surface area contributed by atoms with Gasteiger partial charge >= 0.3 is 0 Å². The molecule has 1 aromatic carbocycles. The van der Waals surface area contributed by atoms with E-state index in [1.807, 2.05) is 0 Å². The zero-order valence-corrected chi connectivity index (χ0v) is 10.6. The predicted molar refractivity (Wildman–Crippen MR) is 66.9 cm³/mol. The van der Waals surface area contributed by atoms with Crippen LogP contribution in [0.3, 0.4) is 0 Å². The van der Waals surface area contributed by atoms with Crippen LogP contribution in [0.2, 0.25) is 0 Å². The van der Waals surface area contributed by atoms with Crippen LogP contribution in [0.5, 0.6) is 0 Å². The van der Waals surface area contributed by atoms with E-state index in [-0.39, 0.29) is 17.1 Å². The lowest BCUT2D eigenvalue weighted by Crippen LogP contribution is -2.24. The Kier molecular flexibility index (Phi) is 3.72. The maximum atomic E-state index is 13.1. The molecule has 0 unspecified atom stereocenters. The van der Waals surface area contributed by atoms with Gasteiger partial charge in [-0.25, -0.2) is 27.5 Å². The Bertz CT molecular complexity index is 676. The minimum atomic E-state index is -3.89. The van der Waals surface area contributed by atoms with Crippen molar-refractivity contribution in [2.45, 2.75) is 11.4 Å². The molecule has 1 heterocycles. The number of anilines is 1. The molecule has 8 heteroatoms. The number of nitrogens with two attached hydrogens (primary N) is 1. The van der Waals surface area contributed by atoms with Gasteiger partial charge < -0.3 is 5.73 Å². The summed E-state index contributed by atoms with van der Waals surface area (Å²) in [5, 5.41) is 0. The average Bonchev–Trinajstić information content (AvgIpc) is 2.40. The maximum absolute atomic E-state index is 13.1. The molecule has 0 aliphatic heterocycles. The fourth-order valence-electron chi connectivity index (χ4n) is 1.41. The van der Waals surface area contributed by atoms with E-state index in [0.29, 0.717) is 5.69 Å². The number of benzene rings is 1. The topological polar surface area (TPSA) is 98.0 Å². The van der Waals surface area contributed by atoms with Crippen molar-refractivity contribution >= 4 is 15.7 Å². The van der Waals surface area contributed by atoms with Crippen LogP contribution in [-0.2, 0) is 16.6 Å². The highest BCUT2D eigenvalue weighted by Gasteiger charge is 2.18. The molecule has 0 saturated carbocycles. The maximum Gasteiger partial charge on any atom is 0.243 e. The van der Waals surface area contributed by atoms with Gasteiger partial charge in [-0.1, -0.05) is 0 Å². The fraction of sp³-hybridized carbons (Fsp3) is 0.0909. The van der Waals surface area contributed by atoms with Gasteiger partial charge in [0.15, 0.2) is 0 Å². The first-order chi connectivity index (χ1) is 8.99. The van der Waals surface area contributed by atoms with Crippen molar-refractivity contribution in [1.29, 1.82) is 0 Å². The van der Waals surface area contributed by atoms with Gasteiger partial charge in [-0.3, -0.25) is 0 Å². The zero-order valence-electron chi connectivity index (χ0n) is 9.75. The molecular weight excluding hydrogens is 271 g/mol. The first-order valence-corrected chi connectivity index (χ1v) is 6.77. The minimum absolute atomic E-state index is 0.0170. The van der Waals surface area contributed by atoms with Crippen LogP contribution in [0.4, 0.5) is 10.1 Å². The normalized spacial score (nSPS) is 11.4. The summed E-state index contributed by atoms with van der Waals surface area (Å²) in [4.78, 5) is 7.30. The average molecular weight is 282 g/mol. The molecule has 1 aromatic heterocycles. The lowest BCUT2D eigenvalue weighted by molar-refractivity contribution is 0.577. The van der Waals surface area contributed by atoms with Gasteiger partial charge in [-0.05, 0) is 24.3 Å². The molecule has 0 spiro atoms. The second kappa shape index (κ2) is 5.29. The van der Waals surface area contributed by atoms with Crippen molar-refractivity contribution in [3.05, 3.63) is 48.3 Å². The Morgan fingerprint density at radius 3 is 2.79 bits per heavy atom. The van der Waals surface area contributed by atoms with E-state index in [2.05, 4.69) is 14.7 Å². The van der Waals surface area contributed by atoms with Crippen molar-refractivity contribution in [3.63, 3.8) is 0 Å². The molecule has 0 bridgehead atoms. The monoisotopic (exact) mass is 282 g/mol. The third-order valence-electron chi connectivity index (χ3n) is 2.35. The largest absolute Gasteiger partial charge is 0.398 e. The van der Waals surface area contributed by atoms with Crippen LogP contribution in [0, 0.1) is 5.82 Å². The van der Waals surface area contributed by atoms with Crippen molar-refractivity contribution < 1.29 is 12.8 Å². The summed E-state index contributed by atoms with van der Waals surface area (Å²) in [6.07, 6.45) is 2.80. The van der Waals surface area contributed by atoms with E-state index in [1.165, 1.54) is 18.6 Å². The number of hydrogen-bond acceptors (Lipinski definition) is 5. The summed E-state index contributed by atoms with van der Waals surface area (Å²) in [5.41, 5.74) is 6.01. The van der Waals surface area contributed by atoms with Crippen LogP contribution in [0.1, 0.15) is 5.69 Å². The molecule has 0 amide bonds. The van der Waals surface area contributed by atoms with Gasteiger partial charge in [0, 0.05) is 6.20 Å². The van der Waals surface area contributed by atoms with Gasteiger partial charge in [-0.2, -0.15) is 0 Å². The summed E-state index contributed by atoms with van der Waals surface area (Å²) < 4.78 is 39.3. The van der Waals surface area contributed by atoms with Crippen molar-refractivity contribution in [2.75, 3.05) is 5.73 Å². The zero-order chi connectivity index (χ0) is 13.9. The van der Waals surface area contributed by atoms with Crippen LogP contribution < -0.4 is 10.5 Å². The molecule has 6 nitrogen and oxygen atoms in total. The summed E-state index contributed by atoms with van der Waals surface area (Å²) >= 11 is 0. The van der Waals surface area contributed by atoms with Crippen LogP contribution in [0.25, 0.3) is 0 Å². The van der Waals surface area contributed by atoms with Crippen molar-refractivity contribution in [3.8, 4) is 0 Å². The highest BCUT2D eigenvalue weighted by atomic mass is 32.2. The Labute approximate surface area is 109 Å². The quantitative estimate of drug-likeness (QED) is 0.803. The van der Waals surface area contributed by atoms with Gasteiger partial charge in [0.25, 0.3) is 0 Å². The fourth-order valence-corrected chi connectivity index (χ4v) is 2.55. The Morgan fingerprint density at radius 2 is 2.11 bits per heavy atom. The predicted octanol–water partition coefficient (Wildman–Crippen LogP) is 0.676. The molecule has 0 aliphatic carbocycles. The van der Waals surface area contributed by atoms with Gasteiger partial charge in [0.2, 0.25) is 10.0 Å². The lowest BCUT2D eigenvalue weighted by atomic mass is 10.3. The molecule has 0 radical (unpaired) electrons.